The van der Waals surface area contributed by atoms with Gasteiger partial charge in [0.15, 0.2) is 16.6 Å². The number of benzene rings is 1. The first-order chi connectivity index (χ1) is 21.7. The van der Waals surface area contributed by atoms with Gasteiger partial charge in [-0.2, -0.15) is 13.5 Å². The number of pyridine rings is 1. The highest BCUT2D eigenvalue weighted by Crippen LogP contribution is 2.40. The van der Waals surface area contributed by atoms with Crippen LogP contribution in [0.2, 0.25) is 0 Å². The van der Waals surface area contributed by atoms with Crippen LogP contribution in [0.5, 0.6) is 5.75 Å². The molecule has 2 aliphatic rings. The van der Waals surface area contributed by atoms with Crippen LogP contribution in [0.1, 0.15) is 26.0 Å². The van der Waals surface area contributed by atoms with Crippen LogP contribution in [0.25, 0.3) is 10.8 Å². The monoisotopic (exact) mass is 677 g/mol. The molecule has 1 amide bonds. The molecule has 46 heavy (non-hydrogen) atoms. The molecule has 246 valence electrons. The summed E-state index contributed by atoms with van der Waals surface area (Å²) in [7, 11) is -4.99. The Morgan fingerprint density at radius 2 is 2.07 bits per heavy atom. The van der Waals surface area contributed by atoms with Crippen molar-refractivity contribution in [3.8, 4) is 5.75 Å². The van der Waals surface area contributed by atoms with Crippen LogP contribution in [0.4, 0.5) is 10.9 Å². The van der Waals surface area contributed by atoms with E-state index in [2.05, 4.69) is 30.0 Å². The Hall–Kier alpha value is -4.43. The molecule has 2 aliphatic heterocycles. The number of carbonyl (C=O) groups excluding carboxylic acids is 2. The number of hydrogen-bond acceptors (Lipinski definition) is 15. The molecule has 0 spiro atoms. The number of nitrogens with two attached hydrogens (primary N) is 1. The number of rotatable bonds is 15. The molecular weight excluding hydrogens is 646 g/mol. The summed E-state index contributed by atoms with van der Waals surface area (Å²) >= 11 is 0.990. The van der Waals surface area contributed by atoms with Gasteiger partial charge in [-0.05, 0) is 43.5 Å². The number of fused-ring (bicyclic) bond motifs is 1. The topological polar surface area (TPSA) is 245 Å². The summed E-state index contributed by atoms with van der Waals surface area (Å²) in [6.45, 7) is 5.06. The minimum atomic E-state index is -4.99. The number of nitrogens with one attached hydrogen (secondary N) is 2. The molecule has 0 bridgehead atoms. The molecule has 2 fully saturated rings. The Morgan fingerprint density at radius 3 is 2.67 bits per heavy atom. The van der Waals surface area contributed by atoms with E-state index in [1.54, 1.807) is 24.4 Å². The lowest BCUT2D eigenvalue weighted by Crippen LogP contribution is -2.68. The van der Waals surface area contributed by atoms with Crippen molar-refractivity contribution in [2.45, 2.75) is 31.9 Å². The third-order valence-electron chi connectivity index (χ3n) is 7.57. The van der Waals surface area contributed by atoms with Crippen molar-refractivity contribution in [3.63, 3.8) is 0 Å². The lowest BCUT2D eigenvalue weighted by atomic mass is 9.74. The second-order valence-corrected chi connectivity index (χ2v) is 13.1. The second kappa shape index (κ2) is 13.1. The molecule has 3 aromatic rings. The SMILES string of the molecule is CC1(C)[C@H](CC(=O)/C(=N\OC(COc2ccc3c(NCC4CNC4)nccc3c2)C(=O)O)c2csc(N)n2)C(=O)N1OS(=O)(=O)O. The molecule has 2 saturated heterocycles. The molecular formula is C27H31N7O10S2. The first kappa shape index (κ1) is 32.9. The normalized spacial score (nSPS) is 18.8. The molecule has 0 saturated carbocycles. The van der Waals surface area contributed by atoms with E-state index in [0.29, 0.717) is 16.7 Å². The van der Waals surface area contributed by atoms with Crippen molar-refractivity contribution in [1.29, 1.82) is 0 Å². The smallest absolute Gasteiger partial charge is 0.418 e. The van der Waals surface area contributed by atoms with Gasteiger partial charge in [0.2, 0.25) is 0 Å². The number of nitrogen functional groups attached to an aromatic ring is 1. The van der Waals surface area contributed by atoms with Crippen molar-refractivity contribution in [3.05, 3.63) is 41.5 Å². The fourth-order valence-electron chi connectivity index (χ4n) is 4.84. The number of amides is 1. The average molecular weight is 678 g/mol. The maximum atomic E-state index is 13.3. The van der Waals surface area contributed by atoms with E-state index in [1.807, 2.05) is 6.07 Å². The number of nitrogens with zero attached hydrogens (tertiary/aromatic N) is 4. The fraction of sp³-hybridized carbons (Fsp3) is 0.407. The van der Waals surface area contributed by atoms with Crippen molar-refractivity contribution in [1.82, 2.24) is 20.3 Å². The third kappa shape index (κ3) is 7.34. The molecule has 2 atom stereocenters. The van der Waals surface area contributed by atoms with Crippen LogP contribution in [0.3, 0.4) is 0 Å². The van der Waals surface area contributed by atoms with E-state index in [1.165, 1.54) is 19.2 Å². The van der Waals surface area contributed by atoms with Gasteiger partial charge < -0.3 is 31.0 Å². The number of Topliss-reactive ketones (excluding diaryl/α,β-unsaturated/α-hetero) is 1. The number of hydrogen-bond donors (Lipinski definition) is 5. The summed E-state index contributed by atoms with van der Waals surface area (Å²) in [6, 6.07) is 7.01. The summed E-state index contributed by atoms with van der Waals surface area (Å²) in [5, 5.41) is 23.8. The van der Waals surface area contributed by atoms with Crippen LogP contribution >= 0.6 is 11.3 Å². The molecule has 0 radical (unpaired) electrons. The summed E-state index contributed by atoms with van der Waals surface area (Å²) < 4.78 is 41.2. The number of carboxylic acid groups (broad SMARTS) is 1. The number of aliphatic carboxylic acids is 1. The van der Waals surface area contributed by atoms with E-state index < -0.39 is 64.4 Å². The van der Waals surface area contributed by atoms with Gasteiger partial charge in [0.05, 0.1) is 11.5 Å². The number of anilines is 2. The van der Waals surface area contributed by atoms with Crippen molar-refractivity contribution >= 4 is 66.8 Å². The summed E-state index contributed by atoms with van der Waals surface area (Å²) in [5.74, 6) is -2.53. The molecule has 1 aromatic carbocycles. The zero-order valence-corrected chi connectivity index (χ0v) is 26.2. The first-order valence-corrected chi connectivity index (χ1v) is 16.2. The second-order valence-electron chi connectivity index (χ2n) is 11.2. The average Bonchev–Trinajstić information content (AvgIpc) is 3.40. The quantitative estimate of drug-likeness (QED) is 0.0654. The largest absolute Gasteiger partial charge is 0.489 e. The van der Waals surface area contributed by atoms with E-state index in [9.17, 15) is 27.9 Å². The molecule has 6 N–H and O–H groups in total. The molecule has 17 nitrogen and oxygen atoms in total. The predicted molar refractivity (Wildman–Crippen MR) is 164 cm³/mol. The molecule has 5 rings (SSSR count). The standard InChI is InChI=1S/C27H31N7O10S2/c1-27(2)18(24(36)34(27)44-46(39,40)41)8-20(35)22(19-13-45-26(28)32-19)33-43-21(25(37)38)12-42-16-3-4-17-15(7-16)5-6-30-23(17)31-11-14-9-29-10-14/h3-7,13-14,18,21,29H,8-12H2,1-2H3,(H2,28,32)(H,30,31)(H,37,38)(H,39,40,41)/b33-22-/t18-,21?/m1/s1. The summed E-state index contributed by atoms with van der Waals surface area (Å²) in [6.07, 6.45) is -0.488. The number of thiazole rings is 1. The minimum Gasteiger partial charge on any atom is -0.489 e. The van der Waals surface area contributed by atoms with E-state index in [0.717, 1.165) is 47.6 Å². The number of β-lactam (4-membered cyclic amide) rings is 1. The fourth-order valence-corrected chi connectivity index (χ4v) is 5.84. The Labute approximate surface area is 266 Å². The highest BCUT2D eigenvalue weighted by Gasteiger charge is 2.57. The Kier molecular flexibility index (Phi) is 9.40. The van der Waals surface area contributed by atoms with Crippen LogP contribution in [-0.4, -0.2) is 94.4 Å². The number of oxime groups is 1. The van der Waals surface area contributed by atoms with Gasteiger partial charge in [-0.15, -0.1) is 15.6 Å². The molecule has 0 aliphatic carbocycles. The van der Waals surface area contributed by atoms with Gasteiger partial charge in [-0.1, -0.05) is 5.16 Å². The summed E-state index contributed by atoms with van der Waals surface area (Å²) in [5.41, 5.74) is 3.98. The van der Waals surface area contributed by atoms with E-state index in [-0.39, 0.29) is 10.8 Å². The van der Waals surface area contributed by atoms with Gasteiger partial charge >= 0.3 is 16.4 Å². The number of ether oxygens (including phenoxy) is 1. The van der Waals surface area contributed by atoms with Gasteiger partial charge in [-0.25, -0.2) is 14.8 Å². The maximum absolute atomic E-state index is 13.3. The zero-order chi connectivity index (χ0) is 33.2. The van der Waals surface area contributed by atoms with Crippen LogP contribution in [0, 0.1) is 11.8 Å². The lowest BCUT2D eigenvalue weighted by Gasteiger charge is -2.50. The minimum absolute atomic E-state index is 0.0192. The van der Waals surface area contributed by atoms with Crippen molar-refractivity contribution in [2.24, 2.45) is 17.0 Å². The Bertz CT molecular complexity index is 1790. The van der Waals surface area contributed by atoms with Crippen LogP contribution in [-0.2, 0) is 33.9 Å². The van der Waals surface area contributed by atoms with Crippen LogP contribution < -0.4 is 21.1 Å². The number of carboxylic acids is 1. The van der Waals surface area contributed by atoms with E-state index in [4.69, 9.17) is 19.9 Å². The zero-order valence-electron chi connectivity index (χ0n) is 24.6. The predicted octanol–water partition coefficient (Wildman–Crippen LogP) is 1.09. The maximum Gasteiger partial charge on any atom is 0.418 e. The Balaban J connectivity index is 1.27. The highest BCUT2D eigenvalue weighted by atomic mass is 32.3. The molecule has 4 heterocycles. The third-order valence-corrected chi connectivity index (χ3v) is 8.58. The van der Waals surface area contributed by atoms with Crippen LogP contribution in [0.15, 0.2) is 41.0 Å². The molecule has 2 aromatic heterocycles. The number of carbonyl (C=O) groups is 3. The molecule has 1 unspecified atom stereocenters. The van der Waals surface area contributed by atoms with Gasteiger partial charge in [-0.3, -0.25) is 14.1 Å². The summed E-state index contributed by atoms with van der Waals surface area (Å²) in [4.78, 5) is 51.6. The number of hydroxylamine groups is 2. The molecule has 19 heteroatoms. The van der Waals surface area contributed by atoms with Gasteiger partial charge in [0.1, 0.15) is 23.9 Å². The Morgan fingerprint density at radius 1 is 1.30 bits per heavy atom. The van der Waals surface area contributed by atoms with Gasteiger partial charge in [0.25, 0.3) is 12.0 Å². The lowest BCUT2D eigenvalue weighted by molar-refractivity contribution is -0.228. The first-order valence-electron chi connectivity index (χ1n) is 13.9. The van der Waals surface area contributed by atoms with Gasteiger partial charge in [0, 0.05) is 48.9 Å². The van der Waals surface area contributed by atoms with Crippen molar-refractivity contribution < 1.29 is 46.3 Å². The number of aromatic nitrogens is 2. The number of ketones is 1. The highest BCUT2D eigenvalue weighted by molar-refractivity contribution is 7.80. The van der Waals surface area contributed by atoms with E-state index >= 15 is 0 Å². The van der Waals surface area contributed by atoms with Crippen molar-refractivity contribution in [2.75, 3.05) is 37.3 Å².